The van der Waals surface area contributed by atoms with Crippen molar-refractivity contribution in [2.75, 3.05) is 5.32 Å². The van der Waals surface area contributed by atoms with Crippen LogP contribution in [0.5, 0.6) is 0 Å². The molecule has 1 aromatic rings. The van der Waals surface area contributed by atoms with Crippen molar-refractivity contribution in [3.05, 3.63) is 22.4 Å². The first-order chi connectivity index (χ1) is 6.13. The predicted octanol–water partition coefficient (Wildman–Crippen LogP) is 2.50. The van der Waals surface area contributed by atoms with Gasteiger partial charge in [-0.05, 0) is 35.0 Å². The second kappa shape index (κ2) is 4.37. The Morgan fingerprint density at radius 1 is 1.62 bits per heavy atom. The number of aromatic nitrogens is 1. The Morgan fingerprint density at radius 3 is 2.85 bits per heavy atom. The van der Waals surface area contributed by atoms with Crippen molar-refractivity contribution < 1.29 is 4.79 Å². The van der Waals surface area contributed by atoms with Gasteiger partial charge in [0.2, 0.25) is 5.91 Å². The molecule has 0 spiro atoms. The third-order valence-corrected chi connectivity index (χ3v) is 2.09. The monoisotopic (exact) mass is 242 g/mol. The van der Waals surface area contributed by atoms with Crippen molar-refractivity contribution in [2.45, 2.75) is 20.3 Å². The predicted molar refractivity (Wildman–Crippen MR) is 55.6 cm³/mol. The Bertz CT molecular complexity index is 325. The summed E-state index contributed by atoms with van der Waals surface area (Å²) in [6.07, 6.45) is 0.482. The third-order valence-electron chi connectivity index (χ3n) is 1.65. The Labute approximate surface area is 85.7 Å². The van der Waals surface area contributed by atoms with Gasteiger partial charge in [-0.2, -0.15) is 0 Å². The van der Waals surface area contributed by atoms with Crippen LogP contribution in [-0.2, 0) is 4.79 Å². The van der Waals surface area contributed by atoms with Crippen LogP contribution in [0, 0.1) is 6.92 Å². The number of carbonyl (C=O) groups excluding carboxylic acids is 1. The summed E-state index contributed by atoms with van der Waals surface area (Å²) in [5.41, 5.74) is 1.59. The minimum Gasteiger partial charge on any atom is -0.325 e. The van der Waals surface area contributed by atoms with E-state index in [1.807, 2.05) is 19.9 Å². The molecule has 0 saturated heterocycles. The number of anilines is 1. The van der Waals surface area contributed by atoms with Crippen molar-refractivity contribution in [3.8, 4) is 0 Å². The molecule has 3 nitrogen and oxygen atoms in total. The highest BCUT2D eigenvalue weighted by Gasteiger charge is 2.02. The van der Waals surface area contributed by atoms with Crippen LogP contribution in [0.25, 0.3) is 0 Å². The maximum Gasteiger partial charge on any atom is 0.224 e. The van der Waals surface area contributed by atoms with E-state index in [1.54, 1.807) is 6.07 Å². The summed E-state index contributed by atoms with van der Waals surface area (Å²) < 4.78 is 0.777. The van der Waals surface area contributed by atoms with E-state index in [9.17, 15) is 4.79 Å². The van der Waals surface area contributed by atoms with E-state index >= 15 is 0 Å². The Balaban J connectivity index is 2.83. The molecule has 0 aromatic carbocycles. The smallest absolute Gasteiger partial charge is 0.224 e. The van der Waals surface area contributed by atoms with Crippen LogP contribution in [0.1, 0.15) is 19.0 Å². The molecule has 0 aliphatic carbocycles. The molecule has 13 heavy (non-hydrogen) atoms. The number of pyridine rings is 1. The van der Waals surface area contributed by atoms with E-state index in [0.29, 0.717) is 6.42 Å². The van der Waals surface area contributed by atoms with Crippen molar-refractivity contribution in [1.82, 2.24) is 4.98 Å². The number of hydrogen-bond acceptors (Lipinski definition) is 2. The zero-order chi connectivity index (χ0) is 9.84. The number of carbonyl (C=O) groups is 1. The summed E-state index contributed by atoms with van der Waals surface area (Å²) >= 11 is 3.26. The van der Waals surface area contributed by atoms with Gasteiger partial charge < -0.3 is 5.32 Å². The highest BCUT2D eigenvalue weighted by atomic mass is 79.9. The molecule has 0 aliphatic rings. The minimum absolute atomic E-state index is 0.00669. The van der Waals surface area contributed by atoms with Gasteiger partial charge in [0.1, 0.15) is 4.60 Å². The molecule has 0 aliphatic heterocycles. The average molecular weight is 243 g/mol. The van der Waals surface area contributed by atoms with Gasteiger partial charge in [0.15, 0.2) is 0 Å². The molecule has 0 saturated carbocycles. The molecule has 0 unspecified atom stereocenters. The van der Waals surface area contributed by atoms with Crippen LogP contribution in [0.2, 0.25) is 0 Å². The number of halogens is 1. The lowest BCUT2D eigenvalue weighted by atomic mass is 10.3. The van der Waals surface area contributed by atoms with Crippen LogP contribution in [0.15, 0.2) is 16.7 Å². The van der Waals surface area contributed by atoms with Gasteiger partial charge >= 0.3 is 0 Å². The van der Waals surface area contributed by atoms with Crippen LogP contribution >= 0.6 is 15.9 Å². The normalized spacial score (nSPS) is 9.77. The van der Waals surface area contributed by atoms with E-state index in [0.717, 1.165) is 16.0 Å². The molecule has 0 fully saturated rings. The van der Waals surface area contributed by atoms with Crippen molar-refractivity contribution in [2.24, 2.45) is 0 Å². The molecular formula is C9H11BrN2O. The van der Waals surface area contributed by atoms with E-state index < -0.39 is 0 Å². The summed E-state index contributed by atoms with van der Waals surface area (Å²) in [6, 6.07) is 3.64. The first kappa shape index (κ1) is 10.2. The SMILES string of the molecule is CCC(=O)Nc1ccc(Br)nc1C. The zero-order valence-electron chi connectivity index (χ0n) is 7.60. The molecule has 0 radical (unpaired) electrons. The van der Waals surface area contributed by atoms with Gasteiger partial charge in [0.25, 0.3) is 0 Å². The largest absolute Gasteiger partial charge is 0.325 e. The second-order valence-electron chi connectivity index (χ2n) is 2.67. The molecule has 1 rings (SSSR count). The van der Waals surface area contributed by atoms with Crippen LogP contribution < -0.4 is 5.32 Å². The summed E-state index contributed by atoms with van der Waals surface area (Å²) in [5.74, 6) is 0.00669. The fraction of sp³-hybridized carbons (Fsp3) is 0.333. The number of aryl methyl sites for hydroxylation is 1. The molecule has 1 heterocycles. The lowest BCUT2D eigenvalue weighted by Crippen LogP contribution is -2.10. The summed E-state index contributed by atoms with van der Waals surface area (Å²) in [6.45, 7) is 3.67. The van der Waals surface area contributed by atoms with Crippen LogP contribution in [0.4, 0.5) is 5.69 Å². The first-order valence-corrected chi connectivity index (χ1v) is 4.85. The topological polar surface area (TPSA) is 42.0 Å². The van der Waals surface area contributed by atoms with E-state index in [4.69, 9.17) is 0 Å². The highest BCUT2D eigenvalue weighted by Crippen LogP contribution is 2.15. The van der Waals surface area contributed by atoms with Gasteiger partial charge in [0, 0.05) is 6.42 Å². The quantitative estimate of drug-likeness (QED) is 0.811. The van der Waals surface area contributed by atoms with Gasteiger partial charge in [-0.1, -0.05) is 6.92 Å². The molecule has 0 bridgehead atoms. The number of amides is 1. The van der Waals surface area contributed by atoms with Crippen molar-refractivity contribution in [1.29, 1.82) is 0 Å². The Hall–Kier alpha value is -0.900. The van der Waals surface area contributed by atoms with E-state index in [2.05, 4.69) is 26.2 Å². The molecule has 1 aromatic heterocycles. The van der Waals surface area contributed by atoms with Crippen LogP contribution in [0.3, 0.4) is 0 Å². The summed E-state index contributed by atoms with van der Waals surface area (Å²) in [4.78, 5) is 15.2. The molecule has 4 heteroatoms. The molecule has 0 atom stereocenters. The van der Waals surface area contributed by atoms with E-state index in [1.165, 1.54) is 0 Å². The standard InChI is InChI=1S/C9H11BrN2O/c1-3-9(13)12-7-4-5-8(10)11-6(7)2/h4-5H,3H2,1-2H3,(H,12,13). The molecular weight excluding hydrogens is 232 g/mol. The van der Waals surface area contributed by atoms with Crippen LogP contribution in [-0.4, -0.2) is 10.9 Å². The zero-order valence-corrected chi connectivity index (χ0v) is 9.18. The van der Waals surface area contributed by atoms with Gasteiger partial charge in [-0.15, -0.1) is 0 Å². The summed E-state index contributed by atoms with van der Waals surface area (Å²) in [5, 5.41) is 2.76. The lowest BCUT2D eigenvalue weighted by Gasteiger charge is -2.06. The van der Waals surface area contributed by atoms with Gasteiger partial charge in [0.05, 0.1) is 11.4 Å². The number of hydrogen-bond donors (Lipinski definition) is 1. The average Bonchev–Trinajstić information content (AvgIpc) is 2.09. The Morgan fingerprint density at radius 2 is 2.31 bits per heavy atom. The fourth-order valence-corrected chi connectivity index (χ4v) is 1.30. The third kappa shape index (κ3) is 2.81. The lowest BCUT2D eigenvalue weighted by molar-refractivity contribution is -0.115. The molecule has 1 amide bonds. The van der Waals surface area contributed by atoms with Crippen molar-refractivity contribution in [3.63, 3.8) is 0 Å². The molecule has 70 valence electrons. The first-order valence-electron chi connectivity index (χ1n) is 4.06. The highest BCUT2D eigenvalue weighted by molar-refractivity contribution is 9.10. The Kier molecular flexibility index (Phi) is 3.42. The maximum atomic E-state index is 11.1. The van der Waals surface area contributed by atoms with Gasteiger partial charge in [-0.3, -0.25) is 4.79 Å². The van der Waals surface area contributed by atoms with Gasteiger partial charge in [-0.25, -0.2) is 4.98 Å². The second-order valence-corrected chi connectivity index (χ2v) is 3.48. The fourth-order valence-electron chi connectivity index (χ4n) is 0.901. The number of rotatable bonds is 2. The van der Waals surface area contributed by atoms with E-state index in [-0.39, 0.29) is 5.91 Å². The van der Waals surface area contributed by atoms with Crippen molar-refractivity contribution >= 4 is 27.5 Å². The maximum absolute atomic E-state index is 11.1. The number of nitrogens with zero attached hydrogens (tertiary/aromatic N) is 1. The minimum atomic E-state index is 0.00669. The summed E-state index contributed by atoms with van der Waals surface area (Å²) in [7, 11) is 0. The molecule has 1 N–H and O–H groups in total. The number of nitrogens with one attached hydrogen (secondary N) is 1.